The molecule has 1 aliphatic heterocycles. The minimum absolute atomic E-state index is 0.193. The molecule has 26 heavy (non-hydrogen) atoms. The molecule has 0 fully saturated rings. The second-order valence-corrected chi connectivity index (χ2v) is 5.41. The Morgan fingerprint density at radius 1 is 1.04 bits per heavy atom. The summed E-state index contributed by atoms with van der Waals surface area (Å²) in [5, 5.41) is 2.64. The maximum atomic E-state index is 13.4. The standard InChI is InChI=1S/C19H17FN2O4/c1-24-15-8-11(9-16(25-2)17(15)26-3)7-14-19(23)22-18(21-14)12-5-4-6-13(20)10-12/h4-10H,1-3H3,(H,21,22,23). The summed E-state index contributed by atoms with van der Waals surface area (Å²) in [5.41, 5.74) is 1.33. The predicted octanol–water partition coefficient (Wildman–Crippen LogP) is 2.77. The molecule has 7 heteroatoms. The van der Waals surface area contributed by atoms with Crippen molar-refractivity contribution in [3.63, 3.8) is 0 Å². The number of benzene rings is 2. The van der Waals surface area contributed by atoms with Gasteiger partial charge in [0, 0.05) is 5.56 Å². The summed E-state index contributed by atoms with van der Waals surface area (Å²) in [7, 11) is 4.53. The number of amidine groups is 1. The topological polar surface area (TPSA) is 69.2 Å². The fourth-order valence-electron chi connectivity index (χ4n) is 2.58. The zero-order chi connectivity index (χ0) is 18.7. The lowest BCUT2D eigenvalue weighted by atomic mass is 10.1. The molecular weight excluding hydrogens is 339 g/mol. The van der Waals surface area contributed by atoms with Crippen LogP contribution < -0.4 is 19.5 Å². The van der Waals surface area contributed by atoms with E-state index in [0.29, 0.717) is 34.2 Å². The van der Waals surface area contributed by atoms with Gasteiger partial charge in [-0.3, -0.25) is 4.79 Å². The molecule has 1 heterocycles. The number of carbonyl (C=O) groups is 1. The average molecular weight is 356 g/mol. The zero-order valence-electron chi connectivity index (χ0n) is 14.5. The normalized spacial score (nSPS) is 14.8. The first-order valence-corrected chi connectivity index (χ1v) is 7.73. The number of carbonyl (C=O) groups excluding carboxylic acids is 1. The lowest BCUT2D eigenvalue weighted by Gasteiger charge is -2.12. The third kappa shape index (κ3) is 3.37. The summed E-state index contributed by atoms with van der Waals surface area (Å²) >= 11 is 0. The van der Waals surface area contributed by atoms with Crippen molar-refractivity contribution in [2.45, 2.75) is 0 Å². The van der Waals surface area contributed by atoms with E-state index < -0.39 is 5.82 Å². The molecule has 6 nitrogen and oxygen atoms in total. The highest BCUT2D eigenvalue weighted by molar-refractivity contribution is 6.19. The number of halogens is 1. The largest absolute Gasteiger partial charge is 0.493 e. The number of methoxy groups -OCH3 is 3. The van der Waals surface area contributed by atoms with Gasteiger partial charge in [-0.05, 0) is 35.9 Å². The number of ether oxygens (including phenoxy) is 3. The van der Waals surface area contributed by atoms with Gasteiger partial charge < -0.3 is 19.5 Å². The Morgan fingerprint density at radius 2 is 1.73 bits per heavy atom. The molecule has 3 rings (SSSR count). The van der Waals surface area contributed by atoms with Crippen LogP contribution >= 0.6 is 0 Å². The molecule has 134 valence electrons. The van der Waals surface area contributed by atoms with Gasteiger partial charge in [0.1, 0.15) is 17.3 Å². The van der Waals surface area contributed by atoms with Crippen molar-refractivity contribution in [2.24, 2.45) is 4.99 Å². The van der Waals surface area contributed by atoms with E-state index in [1.807, 2.05) is 0 Å². The molecule has 2 aromatic carbocycles. The van der Waals surface area contributed by atoms with E-state index in [9.17, 15) is 9.18 Å². The van der Waals surface area contributed by atoms with Crippen molar-refractivity contribution in [2.75, 3.05) is 21.3 Å². The zero-order valence-corrected chi connectivity index (χ0v) is 14.5. The van der Waals surface area contributed by atoms with Crippen LogP contribution in [0.25, 0.3) is 6.08 Å². The van der Waals surface area contributed by atoms with Gasteiger partial charge in [-0.25, -0.2) is 9.38 Å². The monoisotopic (exact) mass is 356 g/mol. The quantitative estimate of drug-likeness (QED) is 0.837. The van der Waals surface area contributed by atoms with Crippen LogP contribution in [0, 0.1) is 5.82 Å². The molecule has 0 aliphatic carbocycles. The number of nitrogens with zero attached hydrogens (tertiary/aromatic N) is 1. The third-order valence-corrected chi connectivity index (χ3v) is 3.79. The van der Waals surface area contributed by atoms with E-state index in [4.69, 9.17) is 14.2 Å². The van der Waals surface area contributed by atoms with Crippen molar-refractivity contribution < 1.29 is 23.4 Å². The van der Waals surface area contributed by atoms with E-state index in [0.717, 1.165) is 0 Å². The number of hydrogen-bond donors (Lipinski definition) is 1. The summed E-state index contributed by atoms with van der Waals surface area (Å²) in [4.78, 5) is 16.5. The molecular formula is C19H17FN2O4. The van der Waals surface area contributed by atoms with Crippen LogP contribution in [0.1, 0.15) is 11.1 Å². The average Bonchev–Trinajstić information content (AvgIpc) is 3.01. The summed E-state index contributed by atoms with van der Waals surface area (Å²) in [6.45, 7) is 0. The molecule has 0 unspecified atom stereocenters. The first kappa shape index (κ1) is 17.5. The molecule has 0 aromatic heterocycles. The Kier molecular flexibility index (Phi) is 4.88. The fourth-order valence-corrected chi connectivity index (χ4v) is 2.58. The molecule has 0 saturated heterocycles. The minimum atomic E-state index is -0.401. The van der Waals surface area contributed by atoms with Crippen molar-refractivity contribution in [1.82, 2.24) is 5.32 Å². The number of aliphatic imine (C=N–C) groups is 1. The molecule has 1 N–H and O–H groups in total. The Labute approximate surface area is 149 Å². The lowest BCUT2D eigenvalue weighted by Crippen LogP contribution is -2.24. The van der Waals surface area contributed by atoms with Crippen molar-refractivity contribution in [3.8, 4) is 17.2 Å². The highest BCUT2D eigenvalue weighted by Gasteiger charge is 2.22. The van der Waals surface area contributed by atoms with Gasteiger partial charge in [0.2, 0.25) is 5.75 Å². The predicted molar refractivity (Wildman–Crippen MR) is 95.2 cm³/mol. The van der Waals surface area contributed by atoms with Crippen molar-refractivity contribution >= 4 is 17.8 Å². The minimum Gasteiger partial charge on any atom is -0.493 e. The van der Waals surface area contributed by atoms with Crippen LogP contribution in [-0.4, -0.2) is 33.1 Å². The fraction of sp³-hybridized carbons (Fsp3) is 0.158. The number of hydrogen-bond acceptors (Lipinski definition) is 5. The first-order valence-electron chi connectivity index (χ1n) is 7.73. The maximum absolute atomic E-state index is 13.4. The SMILES string of the molecule is COc1cc(C=C2N=C(c3cccc(F)c3)NC2=O)cc(OC)c1OC. The Balaban J connectivity index is 2.00. The van der Waals surface area contributed by atoms with E-state index in [1.165, 1.54) is 33.5 Å². The van der Waals surface area contributed by atoms with E-state index in [2.05, 4.69) is 10.3 Å². The number of nitrogens with one attached hydrogen (secondary N) is 1. The van der Waals surface area contributed by atoms with Gasteiger partial charge in [-0.1, -0.05) is 12.1 Å². The summed E-state index contributed by atoms with van der Waals surface area (Å²) in [5.74, 6) is 0.905. The van der Waals surface area contributed by atoms with Crippen molar-refractivity contribution in [1.29, 1.82) is 0 Å². The van der Waals surface area contributed by atoms with Crippen molar-refractivity contribution in [3.05, 3.63) is 59.0 Å². The molecule has 0 saturated carbocycles. The molecule has 0 atom stereocenters. The third-order valence-electron chi connectivity index (χ3n) is 3.79. The summed E-state index contributed by atoms with van der Waals surface area (Å²) in [6.07, 6.45) is 1.59. The van der Waals surface area contributed by atoms with Crippen LogP contribution in [0.3, 0.4) is 0 Å². The molecule has 0 spiro atoms. The van der Waals surface area contributed by atoms with Crippen LogP contribution in [0.4, 0.5) is 4.39 Å². The van der Waals surface area contributed by atoms with Crippen LogP contribution in [0.5, 0.6) is 17.2 Å². The van der Waals surface area contributed by atoms with Gasteiger partial charge in [-0.2, -0.15) is 0 Å². The summed E-state index contributed by atoms with van der Waals surface area (Å²) in [6, 6.07) is 9.27. The van der Waals surface area contributed by atoms with Crippen LogP contribution in [-0.2, 0) is 4.79 Å². The van der Waals surface area contributed by atoms with E-state index in [1.54, 1.807) is 30.3 Å². The smallest absolute Gasteiger partial charge is 0.275 e. The molecule has 1 aliphatic rings. The maximum Gasteiger partial charge on any atom is 0.275 e. The van der Waals surface area contributed by atoms with Gasteiger partial charge in [0.25, 0.3) is 5.91 Å². The number of rotatable bonds is 5. The van der Waals surface area contributed by atoms with Crippen LogP contribution in [0.15, 0.2) is 47.1 Å². The molecule has 2 aromatic rings. The van der Waals surface area contributed by atoms with Gasteiger partial charge >= 0.3 is 0 Å². The molecule has 0 radical (unpaired) electrons. The molecule has 1 amide bonds. The van der Waals surface area contributed by atoms with Gasteiger partial charge in [0.15, 0.2) is 11.5 Å². The highest BCUT2D eigenvalue weighted by Crippen LogP contribution is 2.38. The van der Waals surface area contributed by atoms with E-state index >= 15 is 0 Å². The van der Waals surface area contributed by atoms with Gasteiger partial charge in [0.05, 0.1) is 21.3 Å². The Hall–Kier alpha value is -3.35. The molecule has 0 bridgehead atoms. The highest BCUT2D eigenvalue weighted by atomic mass is 19.1. The van der Waals surface area contributed by atoms with Gasteiger partial charge in [-0.15, -0.1) is 0 Å². The second kappa shape index (κ2) is 7.26. The summed E-state index contributed by atoms with van der Waals surface area (Å²) < 4.78 is 29.3. The van der Waals surface area contributed by atoms with E-state index in [-0.39, 0.29) is 11.6 Å². The van der Waals surface area contributed by atoms with Crippen LogP contribution in [0.2, 0.25) is 0 Å². The number of amides is 1. The second-order valence-electron chi connectivity index (χ2n) is 5.41. The Morgan fingerprint density at radius 3 is 2.31 bits per heavy atom. The first-order chi connectivity index (χ1) is 12.5. The lowest BCUT2D eigenvalue weighted by molar-refractivity contribution is -0.115. The Bertz CT molecular complexity index is 897.